The van der Waals surface area contributed by atoms with Gasteiger partial charge in [0, 0.05) is 10.8 Å². The Kier molecular flexibility index (Phi) is 7.68. The van der Waals surface area contributed by atoms with E-state index >= 15 is 0 Å². The highest BCUT2D eigenvalue weighted by molar-refractivity contribution is 7.64. The molecule has 10 heteroatoms. The molecule has 8 nitrogen and oxygen atoms in total. The fraction of sp³-hybridized carbons (Fsp3) is 0.444. The zero-order chi connectivity index (χ0) is 20.9. The second kappa shape index (κ2) is 9.40. The van der Waals surface area contributed by atoms with Crippen molar-refractivity contribution in [1.82, 2.24) is 0 Å². The Morgan fingerprint density at radius 2 is 0.964 bits per heavy atom. The summed E-state index contributed by atoms with van der Waals surface area (Å²) < 4.78 is 48.1. The average Bonchev–Trinajstić information content (AvgIpc) is 2.63. The largest absolute Gasteiger partial charge is 0.504 e. The molecule has 0 radical (unpaired) electrons. The normalized spacial score (nSPS) is 12.6. The number of hydrogen-bond donors (Lipinski definition) is 2. The number of rotatable bonds is 10. The molecule has 0 fully saturated rings. The third-order valence-electron chi connectivity index (χ3n) is 3.85. The van der Waals surface area contributed by atoms with Gasteiger partial charge in [0.1, 0.15) is 10.6 Å². The van der Waals surface area contributed by atoms with E-state index in [1.807, 2.05) is 0 Å². The summed E-state index contributed by atoms with van der Waals surface area (Å²) in [6, 6.07) is 6.45. The van der Waals surface area contributed by atoms with Crippen LogP contribution in [0.5, 0.6) is 11.5 Å². The molecular formula is C18H26O8P2. The van der Waals surface area contributed by atoms with Crippen LogP contribution < -0.4 is 10.6 Å². The fourth-order valence-electron chi connectivity index (χ4n) is 2.94. The van der Waals surface area contributed by atoms with Gasteiger partial charge in [0.25, 0.3) is 0 Å². The van der Waals surface area contributed by atoms with E-state index in [0.717, 1.165) is 0 Å². The molecule has 156 valence electrons. The number of benzene rings is 2. The van der Waals surface area contributed by atoms with Gasteiger partial charge in [-0.2, -0.15) is 0 Å². The summed E-state index contributed by atoms with van der Waals surface area (Å²) in [7, 11) is -7.93. The van der Waals surface area contributed by atoms with E-state index in [1.54, 1.807) is 52.0 Å². The molecule has 2 rings (SSSR count). The first kappa shape index (κ1) is 22.9. The second-order valence-electron chi connectivity index (χ2n) is 5.61. The Labute approximate surface area is 164 Å². The molecule has 0 aliphatic rings. The lowest BCUT2D eigenvalue weighted by Crippen LogP contribution is -2.20. The SMILES string of the molecule is CCOP(=O)(OCC)c1c(O)c(O)c(P(=O)(OCC)OCC)c2ccccc12. The van der Waals surface area contributed by atoms with Crippen LogP contribution >= 0.6 is 15.2 Å². The van der Waals surface area contributed by atoms with E-state index in [0.29, 0.717) is 0 Å². The fourth-order valence-corrected chi connectivity index (χ4v) is 6.68. The molecule has 0 saturated heterocycles. The summed E-state index contributed by atoms with van der Waals surface area (Å²) in [6.45, 7) is 6.78. The first-order valence-corrected chi connectivity index (χ1v) is 12.1. The van der Waals surface area contributed by atoms with Gasteiger partial charge in [0.2, 0.25) is 0 Å². The van der Waals surface area contributed by atoms with E-state index in [1.165, 1.54) is 0 Å². The summed E-state index contributed by atoms with van der Waals surface area (Å²) in [4.78, 5) is 0. The minimum Gasteiger partial charge on any atom is -0.504 e. The first-order chi connectivity index (χ1) is 13.3. The lowest BCUT2D eigenvalue weighted by Gasteiger charge is -2.24. The standard InChI is InChI=1S/C18H26O8P2/c1-5-23-27(21,24-6-2)17-13-11-9-10-12-14(13)18(16(20)15(17)19)28(22,25-7-3)26-8-4/h9-12,19-20H,5-8H2,1-4H3. The predicted molar refractivity (Wildman–Crippen MR) is 108 cm³/mol. The molecule has 28 heavy (non-hydrogen) atoms. The Morgan fingerprint density at radius 1 is 0.679 bits per heavy atom. The molecule has 0 heterocycles. The topological polar surface area (TPSA) is 112 Å². The molecule has 2 N–H and O–H groups in total. The van der Waals surface area contributed by atoms with Gasteiger partial charge in [0.05, 0.1) is 26.4 Å². The molecule has 0 aromatic heterocycles. The minimum atomic E-state index is -3.97. The van der Waals surface area contributed by atoms with Gasteiger partial charge in [0.15, 0.2) is 11.5 Å². The van der Waals surface area contributed by atoms with Crippen molar-refractivity contribution >= 4 is 36.6 Å². The summed E-state index contributed by atoms with van der Waals surface area (Å²) in [5, 5.41) is 21.6. The maximum absolute atomic E-state index is 13.4. The molecule has 0 aliphatic heterocycles. The van der Waals surface area contributed by atoms with E-state index in [2.05, 4.69) is 0 Å². The Balaban J connectivity index is 2.96. The third-order valence-corrected chi connectivity index (χ3v) is 8.25. The van der Waals surface area contributed by atoms with Crippen LogP contribution in [0.1, 0.15) is 27.7 Å². The van der Waals surface area contributed by atoms with Gasteiger partial charge >= 0.3 is 15.2 Å². The van der Waals surface area contributed by atoms with E-state index in [4.69, 9.17) is 18.1 Å². The minimum absolute atomic E-state index is 0.0595. The van der Waals surface area contributed by atoms with Crippen molar-refractivity contribution in [2.75, 3.05) is 26.4 Å². The van der Waals surface area contributed by atoms with Gasteiger partial charge in [-0.3, -0.25) is 9.13 Å². The van der Waals surface area contributed by atoms with Gasteiger partial charge in [-0.05, 0) is 27.7 Å². The van der Waals surface area contributed by atoms with Crippen LogP contribution in [0.3, 0.4) is 0 Å². The Bertz CT molecular complexity index is 833. The number of aromatic hydroxyl groups is 2. The zero-order valence-corrected chi connectivity index (χ0v) is 18.2. The molecule has 0 atom stereocenters. The van der Waals surface area contributed by atoms with Crippen molar-refractivity contribution in [2.45, 2.75) is 27.7 Å². The molecule has 0 saturated carbocycles. The maximum Gasteiger partial charge on any atom is 0.365 e. The smallest absolute Gasteiger partial charge is 0.365 e. The van der Waals surface area contributed by atoms with Gasteiger partial charge in [-0.15, -0.1) is 0 Å². The summed E-state index contributed by atoms with van der Waals surface area (Å²) >= 11 is 0. The quantitative estimate of drug-likeness (QED) is 0.428. The van der Waals surface area contributed by atoms with Crippen LogP contribution in [0.25, 0.3) is 10.8 Å². The lowest BCUT2D eigenvalue weighted by molar-refractivity contribution is 0.227. The van der Waals surface area contributed by atoms with Gasteiger partial charge in [-0.25, -0.2) is 0 Å². The summed E-state index contributed by atoms with van der Waals surface area (Å²) in [6.07, 6.45) is 0. The molecule has 2 aromatic carbocycles. The first-order valence-electron chi connectivity index (χ1n) is 9.05. The van der Waals surface area contributed by atoms with Crippen molar-refractivity contribution < 1.29 is 37.4 Å². The van der Waals surface area contributed by atoms with Crippen LogP contribution in [0, 0.1) is 0 Å². The maximum atomic E-state index is 13.4. The number of fused-ring (bicyclic) bond motifs is 1. The van der Waals surface area contributed by atoms with E-state index in [-0.39, 0.29) is 47.8 Å². The lowest BCUT2D eigenvalue weighted by atomic mass is 10.1. The summed E-state index contributed by atoms with van der Waals surface area (Å²) in [5.74, 6) is -1.47. The van der Waals surface area contributed by atoms with Crippen molar-refractivity contribution in [3.05, 3.63) is 24.3 Å². The van der Waals surface area contributed by atoms with Crippen LogP contribution in [-0.4, -0.2) is 36.6 Å². The van der Waals surface area contributed by atoms with Crippen LogP contribution in [0.2, 0.25) is 0 Å². The monoisotopic (exact) mass is 432 g/mol. The van der Waals surface area contributed by atoms with Gasteiger partial charge < -0.3 is 28.3 Å². The highest BCUT2D eigenvalue weighted by atomic mass is 31.2. The summed E-state index contributed by atoms with van der Waals surface area (Å²) in [5.41, 5.74) is 0. The second-order valence-corrected chi connectivity index (χ2v) is 9.52. The highest BCUT2D eigenvalue weighted by Crippen LogP contribution is 2.57. The van der Waals surface area contributed by atoms with Crippen molar-refractivity contribution in [1.29, 1.82) is 0 Å². The molecular weight excluding hydrogens is 406 g/mol. The average molecular weight is 432 g/mol. The van der Waals surface area contributed by atoms with Crippen LogP contribution in [-0.2, 0) is 27.2 Å². The van der Waals surface area contributed by atoms with Crippen LogP contribution in [0.4, 0.5) is 0 Å². The molecule has 0 aliphatic carbocycles. The Hall–Kier alpha value is -1.40. The van der Waals surface area contributed by atoms with E-state index < -0.39 is 26.7 Å². The third kappa shape index (κ3) is 4.13. The molecule has 0 unspecified atom stereocenters. The number of phenolic OH excluding ortho intramolecular Hbond substituents is 2. The molecule has 0 spiro atoms. The predicted octanol–water partition coefficient (Wildman–Crippen LogP) is 4.03. The molecule has 0 bridgehead atoms. The number of hydrogen-bond acceptors (Lipinski definition) is 8. The van der Waals surface area contributed by atoms with E-state index in [9.17, 15) is 19.3 Å². The highest BCUT2D eigenvalue weighted by Gasteiger charge is 2.40. The van der Waals surface area contributed by atoms with Gasteiger partial charge in [-0.1, -0.05) is 24.3 Å². The van der Waals surface area contributed by atoms with Crippen molar-refractivity contribution in [2.24, 2.45) is 0 Å². The van der Waals surface area contributed by atoms with Crippen molar-refractivity contribution in [3.63, 3.8) is 0 Å². The van der Waals surface area contributed by atoms with Crippen LogP contribution in [0.15, 0.2) is 24.3 Å². The van der Waals surface area contributed by atoms with Crippen molar-refractivity contribution in [3.8, 4) is 11.5 Å². The molecule has 2 aromatic rings. The molecule has 0 amide bonds. The number of phenols is 2. The zero-order valence-electron chi connectivity index (χ0n) is 16.4. The Morgan fingerprint density at radius 3 is 1.21 bits per heavy atom.